The molecule has 1 fully saturated rings. The Labute approximate surface area is 166 Å². The van der Waals surface area contributed by atoms with Gasteiger partial charge in [0.2, 0.25) is 0 Å². The van der Waals surface area contributed by atoms with Crippen LogP contribution < -0.4 is 4.74 Å². The average Bonchev–Trinajstić information content (AvgIpc) is 2.99. The van der Waals surface area contributed by atoms with Crippen molar-refractivity contribution in [3.05, 3.63) is 53.7 Å². The summed E-state index contributed by atoms with van der Waals surface area (Å²) < 4.78 is 7.44. The van der Waals surface area contributed by atoms with Crippen LogP contribution in [0.25, 0.3) is 10.9 Å². The van der Waals surface area contributed by atoms with Crippen molar-refractivity contribution < 1.29 is 4.74 Å². The topological polar surface area (TPSA) is 42.1 Å². The molecule has 3 aromatic rings. The third kappa shape index (κ3) is 3.67. The standard InChI is InChI=1S/C23H28N4O/c1-17-23(25-24-19-10-12-20(28-3)13-11-19)22-18(8-7-9-21(22)26(17)2)16-27-14-5-4-6-15-27/h7-13H,4-6,14-16H2,1-3H3. The van der Waals surface area contributed by atoms with E-state index in [1.54, 1.807) is 7.11 Å². The minimum absolute atomic E-state index is 0.823. The van der Waals surface area contributed by atoms with E-state index < -0.39 is 0 Å². The first-order chi connectivity index (χ1) is 13.7. The SMILES string of the molecule is COc1ccc(N=Nc2c(C)n(C)c3cccc(CN4CCCCC4)c23)cc1. The number of hydrogen-bond acceptors (Lipinski definition) is 4. The first kappa shape index (κ1) is 18.7. The Balaban J connectivity index is 1.71. The maximum Gasteiger partial charge on any atom is 0.119 e. The Morgan fingerprint density at radius 3 is 2.43 bits per heavy atom. The highest BCUT2D eigenvalue weighted by Crippen LogP contribution is 2.36. The molecular formula is C23H28N4O. The molecule has 0 spiro atoms. The molecule has 5 nitrogen and oxygen atoms in total. The highest BCUT2D eigenvalue weighted by Gasteiger charge is 2.18. The van der Waals surface area contributed by atoms with E-state index in [1.807, 2.05) is 24.3 Å². The number of rotatable bonds is 5. The lowest BCUT2D eigenvalue weighted by Crippen LogP contribution is -2.29. The molecule has 1 saturated heterocycles. The molecule has 4 rings (SSSR count). The van der Waals surface area contributed by atoms with Crippen molar-refractivity contribution in [2.24, 2.45) is 17.3 Å². The van der Waals surface area contributed by atoms with E-state index in [0.29, 0.717) is 0 Å². The smallest absolute Gasteiger partial charge is 0.119 e. The highest BCUT2D eigenvalue weighted by molar-refractivity contribution is 5.96. The number of methoxy groups -OCH3 is 1. The molecule has 5 heteroatoms. The molecule has 1 aliphatic rings. The Kier molecular flexibility index (Phi) is 5.44. The predicted molar refractivity (Wildman–Crippen MR) is 114 cm³/mol. The first-order valence-corrected chi connectivity index (χ1v) is 10.0. The van der Waals surface area contributed by atoms with Gasteiger partial charge in [0.15, 0.2) is 0 Å². The van der Waals surface area contributed by atoms with Gasteiger partial charge in [0, 0.05) is 24.7 Å². The molecule has 0 saturated carbocycles. The second kappa shape index (κ2) is 8.15. The van der Waals surface area contributed by atoms with Crippen molar-refractivity contribution in [1.82, 2.24) is 9.47 Å². The predicted octanol–water partition coefficient (Wildman–Crippen LogP) is 5.90. The number of azo groups is 1. The van der Waals surface area contributed by atoms with Crippen molar-refractivity contribution in [1.29, 1.82) is 0 Å². The van der Waals surface area contributed by atoms with Crippen LogP contribution in [0.15, 0.2) is 52.7 Å². The number of ether oxygens (including phenoxy) is 1. The van der Waals surface area contributed by atoms with E-state index in [2.05, 4.69) is 51.9 Å². The van der Waals surface area contributed by atoms with E-state index in [1.165, 1.54) is 48.8 Å². The number of aromatic nitrogens is 1. The largest absolute Gasteiger partial charge is 0.497 e. The van der Waals surface area contributed by atoms with Gasteiger partial charge in [-0.25, -0.2) is 0 Å². The minimum Gasteiger partial charge on any atom is -0.497 e. The van der Waals surface area contributed by atoms with Crippen LogP contribution in [-0.2, 0) is 13.6 Å². The molecule has 0 radical (unpaired) electrons. The van der Waals surface area contributed by atoms with Crippen LogP contribution in [0.5, 0.6) is 5.75 Å². The van der Waals surface area contributed by atoms with Crippen LogP contribution in [0.3, 0.4) is 0 Å². The number of benzene rings is 2. The molecule has 146 valence electrons. The van der Waals surface area contributed by atoms with Gasteiger partial charge in [0.25, 0.3) is 0 Å². The van der Waals surface area contributed by atoms with Crippen LogP contribution >= 0.6 is 0 Å². The summed E-state index contributed by atoms with van der Waals surface area (Å²) in [5.74, 6) is 0.823. The molecule has 0 unspecified atom stereocenters. The highest BCUT2D eigenvalue weighted by atomic mass is 16.5. The lowest BCUT2D eigenvalue weighted by Gasteiger charge is -2.26. The Morgan fingerprint density at radius 2 is 1.71 bits per heavy atom. The third-order valence-corrected chi connectivity index (χ3v) is 5.75. The summed E-state index contributed by atoms with van der Waals surface area (Å²) in [4.78, 5) is 2.56. The molecule has 1 aliphatic heterocycles. The van der Waals surface area contributed by atoms with Crippen molar-refractivity contribution in [3.63, 3.8) is 0 Å². The normalized spacial score (nSPS) is 15.5. The summed E-state index contributed by atoms with van der Waals surface area (Å²) in [5.41, 5.74) is 5.49. The summed E-state index contributed by atoms with van der Waals surface area (Å²) >= 11 is 0. The maximum atomic E-state index is 5.22. The summed E-state index contributed by atoms with van der Waals surface area (Å²) in [6, 6.07) is 14.2. The average molecular weight is 377 g/mol. The van der Waals surface area contributed by atoms with Crippen molar-refractivity contribution in [2.75, 3.05) is 20.2 Å². The van der Waals surface area contributed by atoms with E-state index in [0.717, 1.165) is 29.4 Å². The van der Waals surface area contributed by atoms with Crippen LogP contribution in [0.1, 0.15) is 30.5 Å². The fourth-order valence-corrected chi connectivity index (χ4v) is 4.03. The molecule has 2 aromatic carbocycles. The maximum absolute atomic E-state index is 5.22. The monoisotopic (exact) mass is 376 g/mol. The second-order valence-corrected chi connectivity index (χ2v) is 7.54. The van der Waals surface area contributed by atoms with Gasteiger partial charge in [-0.3, -0.25) is 4.90 Å². The zero-order valence-corrected chi connectivity index (χ0v) is 17.0. The summed E-state index contributed by atoms with van der Waals surface area (Å²) in [6.07, 6.45) is 3.95. The fraction of sp³-hybridized carbons (Fsp3) is 0.391. The molecule has 1 aromatic heterocycles. The zero-order chi connectivity index (χ0) is 19.5. The van der Waals surface area contributed by atoms with E-state index in [-0.39, 0.29) is 0 Å². The lowest BCUT2D eigenvalue weighted by molar-refractivity contribution is 0.221. The second-order valence-electron chi connectivity index (χ2n) is 7.54. The lowest BCUT2D eigenvalue weighted by atomic mass is 10.1. The van der Waals surface area contributed by atoms with E-state index >= 15 is 0 Å². The van der Waals surface area contributed by atoms with E-state index in [9.17, 15) is 0 Å². The number of piperidine rings is 1. The number of hydrogen-bond donors (Lipinski definition) is 0. The molecule has 0 N–H and O–H groups in total. The van der Waals surface area contributed by atoms with Crippen molar-refractivity contribution in [3.8, 4) is 5.75 Å². The number of fused-ring (bicyclic) bond motifs is 1. The molecule has 28 heavy (non-hydrogen) atoms. The Hall–Kier alpha value is -2.66. The summed E-state index contributed by atoms with van der Waals surface area (Å²) in [7, 11) is 3.77. The van der Waals surface area contributed by atoms with Crippen LogP contribution in [0, 0.1) is 6.92 Å². The van der Waals surface area contributed by atoms with Gasteiger partial charge in [-0.15, -0.1) is 5.11 Å². The molecular weight excluding hydrogens is 348 g/mol. The number of likely N-dealkylation sites (tertiary alicyclic amines) is 1. The van der Waals surface area contributed by atoms with Gasteiger partial charge in [-0.1, -0.05) is 18.6 Å². The van der Waals surface area contributed by atoms with Crippen molar-refractivity contribution >= 4 is 22.3 Å². The van der Waals surface area contributed by atoms with E-state index in [4.69, 9.17) is 4.74 Å². The number of nitrogens with zero attached hydrogens (tertiary/aromatic N) is 4. The molecule has 0 aliphatic carbocycles. The van der Waals surface area contributed by atoms with Crippen LogP contribution in [0.4, 0.5) is 11.4 Å². The number of aryl methyl sites for hydroxylation is 1. The van der Waals surface area contributed by atoms with Crippen LogP contribution in [-0.4, -0.2) is 29.7 Å². The Bertz CT molecular complexity index is 982. The molecule has 0 amide bonds. The van der Waals surface area contributed by atoms with Gasteiger partial charge < -0.3 is 9.30 Å². The van der Waals surface area contributed by atoms with Gasteiger partial charge in [-0.2, -0.15) is 5.11 Å². The minimum atomic E-state index is 0.823. The Morgan fingerprint density at radius 1 is 0.964 bits per heavy atom. The quantitative estimate of drug-likeness (QED) is 0.521. The zero-order valence-electron chi connectivity index (χ0n) is 17.0. The van der Waals surface area contributed by atoms with Gasteiger partial charge in [0.05, 0.1) is 18.3 Å². The molecule has 2 heterocycles. The summed E-state index contributed by atoms with van der Waals surface area (Å²) in [5, 5.41) is 10.4. The third-order valence-electron chi connectivity index (χ3n) is 5.75. The summed E-state index contributed by atoms with van der Waals surface area (Å²) in [6.45, 7) is 5.47. The molecule has 0 bridgehead atoms. The van der Waals surface area contributed by atoms with Gasteiger partial charge in [-0.05, 0) is 68.8 Å². The van der Waals surface area contributed by atoms with Gasteiger partial charge in [0.1, 0.15) is 11.4 Å². The van der Waals surface area contributed by atoms with Crippen LogP contribution in [0.2, 0.25) is 0 Å². The fourth-order valence-electron chi connectivity index (χ4n) is 4.03. The first-order valence-electron chi connectivity index (χ1n) is 10.0. The van der Waals surface area contributed by atoms with Gasteiger partial charge >= 0.3 is 0 Å². The molecule has 0 atom stereocenters. The van der Waals surface area contributed by atoms with Crippen molar-refractivity contribution in [2.45, 2.75) is 32.7 Å².